The molecule has 0 saturated carbocycles. The van der Waals surface area contributed by atoms with Gasteiger partial charge in [0.05, 0.1) is 11.0 Å². The summed E-state index contributed by atoms with van der Waals surface area (Å²) in [6.07, 6.45) is 0.722. The van der Waals surface area contributed by atoms with Gasteiger partial charge in [-0.15, -0.1) is 0 Å². The van der Waals surface area contributed by atoms with Crippen LogP contribution in [0.25, 0.3) is 22.2 Å². The van der Waals surface area contributed by atoms with Crippen LogP contribution in [0, 0.1) is 5.92 Å². The van der Waals surface area contributed by atoms with Crippen LogP contribution in [0.1, 0.15) is 19.7 Å². The number of hydrogen-bond donors (Lipinski definition) is 1. The Balaban J connectivity index is 2.28. The molecule has 0 unspecified atom stereocenters. The van der Waals surface area contributed by atoms with Gasteiger partial charge in [0.1, 0.15) is 5.82 Å². The summed E-state index contributed by atoms with van der Waals surface area (Å²) in [5.41, 5.74) is 1.95. The first-order chi connectivity index (χ1) is 9.13. The van der Waals surface area contributed by atoms with Crippen molar-refractivity contribution in [2.75, 3.05) is 0 Å². The molecule has 0 amide bonds. The molecule has 3 rings (SSSR count). The summed E-state index contributed by atoms with van der Waals surface area (Å²) < 4.78 is 0. The van der Waals surface area contributed by atoms with Gasteiger partial charge in [-0.1, -0.05) is 26.0 Å². The molecule has 1 N–H and O–H groups in total. The van der Waals surface area contributed by atoms with Crippen molar-refractivity contribution in [1.29, 1.82) is 0 Å². The lowest BCUT2D eigenvalue weighted by Gasteiger charge is -2.05. The van der Waals surface area contributed by atoms with Crippen molar-refractivity contribution < 1.29 is 0 Å². The molecular weight excluding hydrogens is 240 g/mol. The number of para-hydroxylation sites is 2. The van der Waals surface area contributed by atoms with Gasteiger partial charge in [-0.05, 0) is 18.1 Å². The van der Waals surface area contributed by atoms with E-state index in [-0.39, 0.29) is 5.56 Å². The molecular formula is C14H14N4O. The number of benzene rings is 1. The first-order valence-corrected chi connectivity index (χ1v) is 6.29. The minimum Gasteiger partial charge on any atom is -0.309 e. The van der Waals surface area contributed by atoms with Crippen LogP contribution in [0.4, 0.5) is 0 Å². The van der Waals surface area contributed by atoms with E-state index in [1.807, 2.05) is 24.3 Å². The van der Waals surface area contributed by atoms with Crippen molar-refractivity contribution in [2.24, 2.45) is 5.92 Å². The van der Waals surface area contributed by atoms with E-state index in [0.29, 0.717) is 28.4 Å². The number of H-pyrrole nitrogens is 1. The molecule has 5 nitrogen and oxygen atoms in total. The topological polar surface area (TPSA) is 71.5 Å². The maximum Gasteiger partial charge on any atom is 0.279 e. The van der Waals surface area contributed by atoms with Gasteiger partial charge in [0, 0.05) is 6.42 Å². The summed E-state index contributed by atoms with van der Waals surface area (Å²) in [4.78, 5) is 27.9. The van der Waals surface area contributed by atoms with Gasteiger partial charge in [0.2, 0.25) is 0 Å². The standard InChI is InChI=1S/C14H14N4O/c1-8(2)7-11-17-13-12(14(19)18-11)15-9-5-3-4-6-10(9)16-13/h3-6,8H,7H2,1-2H3,(H,16,17,18,19). The SMILES string of the molecule is CC(C)Cc1nc2nc3ccccc3nc2c(=O)[nH]1. The van der Waals surface area contributed by atoms with Crippen LogP contribution in [0.2, 0.25) is 0 Å². The van der Waals surface area contributed by atoms with E-state index in [9.17, 15) is 4.79 Å². The Morgan fingerprint density at radius 1 is 1.11 bits per heavy atom. The van der Waals surface area contributed by atoms with Gasteiger partial charge >= 0.3 is 0 Å². The molecule has 0 bridgehead atoms. The summed E-state index contributed by atoms with van der Waals surface area (Å²) in [6, 6.07) is 7.47. The Kier molecular flexibility index (Phi) is 2.74. The molecule has 1 aromatic carbocycles. The lowest BCUT2D eigenvalue weighted by molar-refractivity contribution is 0.621. The zero-order chi connectivity index (χ0) is 13.4. The Labute approximate surface area is 109 Å². The molecule has 2 heterocycles. The second-order valence-electron chi connectivity index (χ2n) is 5.00. The summed E-state index contributed by atoms with van der Waals surface area (Å²) in [7, 11) is 0. The van der Waals surface area contributed by atoms with Crippen molar-refractivity contribution in [1.82, 2.24) is 19.9 Å². The van der Waals surface area contributed by atoms with Crippen molar-refractivity contribution in [3.05, 3.63) is 40.4 Å². The fourth-order valence-corrected chi connectivity index (χ4v) is 2.05. The number of hydrogen-bond acceptors (Lipinski definition) is 4. The second kappa shape index (κ2) is 4.42. The number of nitrogens with zero attached hydrogens (tertiary/aromatic N) is 3. The van der Waals surface area contributed by atoms with Crippen molar-refractivity contribution >= 4 is 22.2 Å². The fourth-order valence-electron chi connectivity index (χ4n) is 2.05. The van der Waals surface area contributed by atoms with E-state index >= 15 is 0 Å². The number of rotatable bonds is 2. The molecule has 0 aliphatic heterocycles. The number of fused-ring (bicyclic) bond motifs is 2. The van der Waals surface area contributed by atoms with Crippen LogP contribution >= 0.6 is 0 Å². The summed E-state index contributed by atoms with van der Waals surface area (Å²) in [5.74, 6) is 1.09. The first-order valence-electron chi connectivity index (χ1n) is 6.29. The molecule has 0 atom stereocenters. The molecule has 0 spiro atoms. The van der Waals surface area contributed by atoms with Gasteiger partial charge in [-0.25, -0.2) is 15.0 Å². The predicted octanol–water partition coefficient (Wildman–Crippen LogP) is 2.06. The molecule has 0 aliphatic rings. The van der Waals surface area contributed by atoms with E-state index in [2.05, 4.69) is 33.8 Å². The fraction of sp³-hybridized carbons (Fsp3) is 0.286. The van der Waals surface area contributed by atoms with Crippen molar-refractivity contribution in [2.45, 2.75) is 20.3 Å². The van der Waals surface area contributed by atoms with Crippen LogP contribution in [0.5, 0.6) is 0 Å². The third-order valence-corrected chi connectivity index (χ3v) is 2.87. The first kappa shape index (κ1) is 11.8. The highest BCUT2D eigenvalue weighted by Crippen LogP contribution is 2.12. The molecule has 5 heteroatoms. The highest BCUT2D eigenvalue weighted by molar-refractivity contribution is 5.83. The van der Waals surface area contributed by atoms with Crippen molar-refractivity contribution in [3.8, 4) is 0 Å². The Bertz CT molecular complexity index is 807. The molecule has 0 fully saturated rings. The Morgan fingerprint density at radius 2 is 1.79 bits per heavy atom. The van der Waals surface area contributed by atoms with Crippen LogP contribution in [-0.4, -0.2) is 19.9 Å². The average molecular weight is 254 g/mol. The largest absolute Gasteiger partial charge is 0.309 e. The van der Waals surface area contributed by atoms with Crippen LogP contribution in [-0.2, 0) is 6.42 Å². The number of aromatic nitrogens is 4. The Morgan fingerprint density at radius 3 is 2.47 bits per heavy atom. The molecule has 3 aromatic rings. The maximum atomic E-state index is 12.0. The van der Waals surface area contributed by atoms with Gasteiger partial charge in [0.25, 0.3) is 5.56 Å². The van der Waals surface area contributed by atoms with Gasteiger partial charge in [0.15, 0.2) is 11.2 Å². The molecule has 0 radical (unpaired) electrons. The molecule has 2 aromatic heterocycles. The van der Waals surface area contributed by atoms with Gasteiger partial charge in [-0.2, -0.15) is 0 Å². The summed E-state index contributed by atoms with van der Waals surface area (Å²) in [6.45, 7) is 4.16. The normalized spacial score (nSPS) is 11.5. The predicted molar refractivity (Wildman–Crippen MR) is 74.0 cm³/mol. The highest BCUT2D eigenvalue weighted by Gasteiger charge is 2.09. The zero-order valence-electron chi connectivity index (χ0n) is 10.8. The molecule has 19 heavy (non-hydrogen) atoms. The van der Waals surface area contributed by atoms with E-state index in [4.69, 9.17) is 0 Å². The maximum absolute atomic E-state index is 12.0. The summed E-state index contributed by atoms with van der Waals surface area (Å²) >= 11 is 0. The van der Waals surface area contributed by atoms with Crippen molar-refractivity contribution in [3.63, 3.8) is 0 Å². The second-order valence-corrected chi connectivity index (χ2v) is 5.00. The average Bonchev–Trinajstić information content (AvgIpc) is 2.36. The van der Waals surface area contributed by atoms with Crippen LogP contribution < -0.4 is 5.56 Å². The van der Waals surface area contributed by atoms with Crippen LogP contribution in [0.3, 0.4) is 0 Å². The van der Waals surface area contributed by atoms with Gasteiger partial charge < -0.3 is 4.98 Å². The zero-order valence-corrected chi connectivity index (χ0v) is 10.8. The lowest BCUT2D eigenvalue weighted by atomic mass is 10.1. The highest BCUT2D eigenvalue weighted by atomic mass is 16.1. The van der Waals surface area contributed by atoms with E-state index < -0.39 is 0 Å². The number of aromatic amines is 1. The smallest absolute Gasteiger partial charge is 0.279 e. The monoisotopic (exact) mass is 254 g/mol. The van der Waals surface area contributed by atoms with E-state index in [1.165, 1.54) is 0 Å². The van der Waals surface area contributed by atoms with E-state index in [0.717, 1.165) is 11.9 Å². The van der Waals surface area contributed by atoms with Crippen LogP contribution in [0.15, 0.2) is 29.1 Å². The van der Waals surface area contributed by atoms with Gasteiger partial charge in [-0.3, -0.25) is 4.79 Å². The quantitative estimate of drug-likeness (QED) is 0.710. The minimum atomic E-state index is -0.223. The Hall–Kier alpha value is -2.30. The van der Waals surface area contributed by atoms with E-state index in [1.54, 1.807) is 0 Å². The number of nitrogens with one attached hydrogen (secondary N) is 1. The molecule has 96 valence electrons. The third kappa shape index (κ3) is 2.19. The molecule has 0 aliphatic carbocycles. The summed E-state index contributed by atoms with van der Waals surface area (Å²) in [5, 5.41) is 0. The lowest BCUT2D eigenvalue weighted by Crippen LogP contribution is -2.15. The molecule has 0 saturated heterocycles. The minimum absolute atomic E-state index is 0.223. The third-order valence-electron chi connectivity index (χ3n) is 2.87.